The summed E-state index contributed by atoms with van der Waals surface area (Å²) in [5.74, 6) is -0.305. The van der Waals surface area contributed by atoms with Crippen molar-refractivity contribution >= 4 is 27.7 Å². The lowest BCUT2D eigenvalue weighted by Gasteiger charge is -2.17. The highest BCUT2D eigenvalue weighted by Gasteiger charge is 2.23. The van der Waals surface area contributed by atoms with E-state index in [9.17, 15) is 18.0 Å². The predicted octanol–water partition coefficient (Wildman–Crippen LogP) is 1.98. The van der Waals surface area contributed by atoms with Crippen molar-refractivity contribution < 1.29 is 18.0 Å². The van der Waals surface area contributed by atoms with Gasteiger partial charge in [-0.1, -0.05) is 35.5 Å². The number of amides is 2. The van der Waals surface area contributed by atoms with Crippen molar-refractivity contribution in [2.24, 2.45) is 5.14 Å². The molecule has 0 bridgehead atoms. The molecule has 0 unspecified atom stereocenters. The molecule has 4 rings (SSSR count). The zero-order chi connectivity index (χ0) is 26.4. The summed E-state index contributed by atoms with van der Waals surface area (Å²) >= 11 is 0. The molecule has 2 aromatic heterocycles. The molecule has 0 radical (unpaired) electrons. The predicted molar refractivity (Wildman–Crippen MR) is 136 cm³/mol. The fraction of sp³-hybridized carbons (Fsp3) is 0.160. The number of hydrogen-bond donors (Lipinski definition) is 3. The van der Waals surface area contributed by atoms with Crippen LogP contribution in [0.25, 0.3) is 0 Å². The smallest absolute Gasteiger partial charge is 0.251 e. The van der Waals surface area contributed by atoms with Gasteiger partial charge in [0.2, 0.25) is 10.0 Å². The Balaban J connectivity index is 1.47. The van der Waals surface area contributed by atoms with Crippen LogP contribution < -0.4 is 15.8 Å². The molecule has 0 fully saturated rings. The van der Waals surface area contributed by atoms with Gasteiger partial charge >= 0.3 is 0 Å². The summed E-state index contributed by atoms with van der Waals surface area (Å²) in [5.41, 5.74) is 2.59. The largest absolute Gasteiger partial charge is 0.346 e. The molecule has 4 aromatic rings. The van der Waals surface area contributed by atoms with Crippen LogP contribution in [0.4, 0.5) is 5.82 Å². The number of primary sulfonamides is 1. The van der Waals surface area contributed by atoms with E-state index in [4.69, 9.17) is 5.14 Å². The first-order valence-corrected chi connectivity index (χ1v) is 12.8. The lowest BCUT2D eigenvalue weighted by atomic mass is 10.1. The van der Waals surface area contributed by atoms with Gasteiger partial charge in [0.1, 0.15) is 17.6 Å². The number of carbonyl (C=O) groups excluding carboxylic acids is 2. The number of pyridine rings is 1. The third kappa shape index (κ3) is 6.84. The average Bonchev–Trinajstić information content (AvgIpc) is 3.34. The van der Waals surface area contributed by atoms with Gasteiger partial charge in [-0.3, -0.25) is 9.59 Å². The van der Waals surface area contributed by atoms with Gasteiger partial charge in [0.15, 0.2) is 0 Å². The molecule has 4 N–H and O–H groups in total. The molecule has 2 heterocycles. The van der Waals surface area contributed by atoms with Gasteiger partial charge in [-0.25, -0.2) is 23.2 Å². The fourth-order valence-corrected chi connectivity index (χ4v) is 4.09. The summed E-state index contributed by atoms with van der Waals surface area (Å²) in [6.45, 7) is 1.96. The van der Waals surface area contributed by atoms with Crippen LogP contribution in [0, 0.1) is 6.92 Å². The van der Waals surface area contributed by atoms with Crippen LogP contribution in [0.15, 0.2) is 84.0 Å². The number of hydrogen-bond acceptors (Lipinski definition) is 7. The number of nitrogens with one attached hydrogen (secondary N) is 2. The minimum absolute atomic E-state index is 0.0505. The minimum atomic E-state index is -3.85. The van der Waals surface area contributed by atoms with Crippen molar-refractivity contribution in [3.63, 3.8) is 0 Å². The standard InChI is InChI=1S/C25H25N7O4S/c1-17-11-12-27-23(13-17)29-25(34)22(14-18-5-3-2-4-6-18)32-16-20(30-31-32)15-28-24(33)19-7-9-21(10-8-19)37(26,35)36/h2-13,16,22H,14-15H2,1H3,(H,28,33)(H2,26,35,36)(H,27,29,34)/t22-/m0/s1. The maximum Gasteiger partial charge on any atom is 0.251 e. The number of nitrogens with zero attached hydrogens (tertiary/aromatic N) is 4. The number of aryl methyl sites for hydroxylation is 1. The van der Waals surface area contributed by atoms with Crippen LogP contribution in [0.5, 0.6) is 0 Å². The summed E-state index contributed by atoms with van der Waals surface area (Å²) in [5, 5.41) is 18.9. The van der Waals surface area contributed by atoms with Gasteiger partial charge in [-0.2, -0.15) is 0 Å². The van der Waals surface area contributed by atoms with E-state index in [1.807, 2.05) is 43.3 Å². The van der Waals surface area contributed by atoms with Crippen LogP contribution >= 0.6 is 0 Å². The Bertz CT molecular complexity index is 1500. The number of benzene rings is 2. The molecular formula is C25H25N7O4S. The Kier molecular flexibility index (Phi) is 7.70. The second-order valence-corrected chi connectivity index (χ2v) is 9.92. The summed E-state index contributed by atoms with van der Waals surface area (Å²) < 4.78 is 24.2. The molecule has 37 heavy (non-hydrogen) atoms. The minimum Gasteiger partial charge on any atom is -0.346 e. The Labute approximate surface area is 213 Å². The third-order valence-corrected chi connectivity index (χ3v) is 6.42. The van der Waals surface area contributed by atoms with Gasteiger partial charge in [0.25, 0.3) is 11.8 Å². The molecule has 12 heteroatoms. The van der Waals surface area contributed by atoms with E-state index in [-0.39, 0.29) is 22.9 Å². The fourth-order valence-electron chi connectivity index (χ4n) is 3.57. The second kappa shape index (κ2) is 11.1. The lowest BCUT2D eigenvalue weighted by Crippen LogP contribution is -2.28. The average molecular weight is 520 g/mol. The molecule has 0 aliphatic carbocycles. The first kappa shape index (κ1) is 25.7. The number of carbonyl (C=O) groups is 2. The van der Waals surface area contributed by atoms with E-state index in [0.29, 0.717) is 17.9 Å². The molecule has 0 aliphatic rings. The molecular weight excluding hydrogens is 494 g/mol. The maximum atomic E-state index is 13.2. The summed E-state index contributed by atoms with van der Waals surface area (Å²) in [4.78, 5) is 29.8. The highest BCUT2D eigenvalue weighted by molar-refractivity contribution is 7.89. The zero-order valence-corrected chi connectivity index (χ0v) is 20.7. The molecule has 2 amide bonds. The third-order valence-electron chi connectivity index (χ3n) is 5.49. The van der Waals surface area contributed by atoms with Gasteiger partial charge in [0.05, 0.1) is 17.6 Å². The summed E-state index contributed by atoms with van der Waals surface area (Å²) in [6.07, 6.45) is 3.58. The topological polar surface area (TPSA) is 162 Å². The number of nitrogens with two attached hydrogens (primary N) is 1. The van der Waals surface area contributed by atoms with Crippen molar-refractivity contribution in [2.75, 3.05) is 5.32 Å². The van der Waals surface area contributed by atoms with Crippen LogP contribution in [-0.4, -0.2) is 40.2 Å². The Morgan fingerprint density at radius 2 is 1.78 bits per heavy atom. The molecule has 0 saturated carbocycles. The SMILES string of the molecule is Cc1ccnc(NC(=O)[C@H](Cc2ccccc2)n2cc(CNC(=O)c3ccc(S(N)(=O)=O)cc3)nn2)c1. The highest BCUT2D eigenvalue weighted by Crippen LogP contribution is 2.17. The van der Waals surface area contributed by atoms with E-state index in [2.05, 4.69) is 25.9 Å². The van der Waals surface area contributed by atoms with Gasteiger partial charge in [-0.05, 0) is 54.4 Å². The van der Waals surface area contributed by atoms with Crippen molar-refractivity contribution in [3.8, 4) is 0 Å². The van der Waals surface area contributed by atoms with Gasteiger partial charge in [0, 0.05) is 18.2 Å². The van der Waals surface area contributed by atoms with Crippen LogP contribution in [0.1, 0.15) is 33.2 Å². The van der Waals surface area contributed by atoms with Crippen LogP contribution in [-0.2, 0) is 27.8 Å². The number of rotatable bonds is 9. The number of sulfonamides is 1. The van der Waals surface area contributed by atoms with Crippen molar-refractivity contribution in [3.05, 3.63) is 102 Å². The van der Waals surface area contributed by atoms with Crippen LogP contribution in [0.3, 0.4) is 0 Å². The maximum absolute atomic E-state index is 13.2. The molecule has 2 aromatic carbocycles. The Hall–Kier alpha value is -4.42. The molecule has 190 valence electrons. The van der Waals surface area contributed by atoms with Crippen molar-refractivity contribution in [1.29, 1.82) is 0 Å². The first-order chi connectivity index (χ1) is 17.7. The Morgan fingerprint density at radius 3 is 2.46 bits per heavy atom. The summed E-state index contributed by atoms with van der Waals surface area (Å²) in [6, 6.07) is 17.7. The molecule has 11 nitrogen and oxygen atoms in total. The van der Waals surface area contributed by atoms with Crippen molar-refractivity contribution in [1.82, 2.24) is 25.3 Å². The van der Waals surface area contributed by atoms with Gasteiger partial charge < -0.3 is 10.6 Å². The second-order valence-electron chi connectivity index (χ2n) is 8.36. The highest BCUT2D eigenvalue weighted by atomic mass is 32.2. The van der Waals surface area contributed by atoms with E-state index in [1.165, 1.54) is 28.9 Å². The van der Waals surface area contributed by atoms with Gasteiger partial charge in [-0.15, -0.1) is 5.10 Å². The van der Waals surface area contributed by atoms with E-state index >= 15 is 0 Å². The molecule has 1 atom stereocenters. The van der Waals surface area contributed by atoms with Crippen LogP contribution in [0.2, 0.25) is 0 Å². The zero-order valence-electron chi connectivity index (χ0n) is 19.9. The number of aromatic nitrogens is 4. The number of anilines is 1. The van der Waals surface area contributed by atoms with E-state index in [0.717, 1.165) is 11.1 Å². The monoisotopic (exact) mass is 519 g/mol. The van der Waals surface area contributed by atoms with E-state index < -0.39 is 22.0 Å². The Morgan fingerprint density at radius 1 is 1.05 bits per heavy atom. The quantitative estimate of drug-likeness (QED) is 0.304. The molecule has 0 spiro atoms. The first-order valence-electron chi connectivity index (χ1n) is 11.3. The van der Waals surface area contributed by atoms with E-state index in [1.54, 1.807) is 18.5 Å². The summed E-state index contributed by atoms with van der Waals surface area (Å²) in [7, 11) is -3.85. The molecule has 0 saturated heterocycles. The molecule has 0 aliphatic heterocycles. The lowest BCUT2D eigenvalue weighted by molar-refractivity contribution is -0.119. The van der Waals surface area contributed by atoms with Crippen molar-refractivity contribution in [2.45, 2.75) is 30.8 Å². The normalized spacial score (nSPS) is 12.1.